The molecule has 8 nitrogen and oxygen atoms in total. The van der Waals surface area contributed by atoms with Gasteiger partial charge in [-0.1, -0.05) is 65.4 Å². The largest absolute Gasteiger partial charge is 0.339 e. The smallest absolute Gasteiger partial charge is 0.252 e. The highest BCUT2D eigenvalue weighted by Gasteiger charge is 2.18. The van der Waals surface area contributed by atoms with Crippen LogP contribution < -0.4 is 10.6 Å². The van der Waals surface area contributed by atoms with E-state index in [9.17, 15) is 5.26 Å². The monoisotopic (exact) mass is 500 g/mol. The fourth-order valence-electron chi connectivity index (χ4n) is 3.20. The Morgan fingerprint density at radius 3 is 2.06 bits per heavy atom. The van der Waals surface area contributed by atoms with Crippen LogP contribution in [0.2, 0.25) is 0 Å². The van der Waals surface area contributed by atoms with Gasteiger partial charge in [-0.3, -0.25) is 0 Å². The molecular formula is C25H24N8S2. The van der Waals surface area contributed by atoms with Crippen LogP contribution in [-0.2, 0) is 0 Å². The minimum atomic E-state index is 0.397. The third-order valence-corrected chi connectivity index (χ3v) is 6.88. The predicted molar refractivity (Wildman–Crippen MR) is 143 cm³/mol. The average Bonchev–Trinajstić information content (AvgIpc) is 3.29. The van der Waals surface area contributed by atoms with Crippen molar-refractivity contribution < 1.29 is 0 Å². The van der Waals surface area contributed by atoms with Crippen LogP contribution in [0.5, 0.6) is 0 Å². The van der Waals surface area contributed by atoms with Crippen LogP contribution in [-0.4, -0.2) is 20.9 Å². The first kappa shape index (κ1) is 24.3. The number of rotatable bonds is 8. The van der Waals surface area contributed by atoms with Gasteiger partial charge < -0.3 is 10.6 Å². The third-order valence-electron chi connectivity index (χ3n) is 5.05. The van der Waals surface area contributed by atoms with Crippen molar-refractivity contribution in [1.29, 1.82) is 5.26 Å². The molecule has 2 aromatic carbocycles. The highest BCUT2D eigenvalue weighted by Crippen LogP contribution is 2.38. The van der Waals surface area contributed by atoms with Crippen molar-refractivity contribution in [2.45, 2.75) is 32.0 Å². The molecule has 0 saturated carbocycles. The van der Waals surface area contributed by atoms with Gasteiger partial charge in [0.25, 0.3) is 5.13 Å². The molecule has 0 fully saturated rings. The van der Waals surface area contributed by atoms with Gasteiger partial charge in [0.05, 0.1) is 5.56 Å². The number of azo groups is 1. The SMILES string of the molecule is CCSc1nnc(N=Nc2c(Nc3ccc(C)cc3)nc(Nc3ccc(C)cc3)c(C#N)c2C)s1. The first-order valence-electron chi connectivity index (χ1n) is 11.0. The molecule has 35 heavy (non-hydrogen) atoms. The Hall–Kier alpha value is -3.81. The number of thioether (sulfide) groups is 1. The molecule has 0 atom stereocenters. The lowest BCUT2D eigenvalue weighted by molar-refractivity contribution is 0.993. The van der Waals surface area contributed by atoms with E-state index in [1.54, 1.807) is 11.8 Å². The molecule has 10 heteroatoms. The fraction of sp³-hybridized carbons (Fsp3) is 0.200. The molecule has 2 aromatic heterocycles. The summed E-state index contributed by atoms with van der Waals surface area (Å²) in [5.74, 6) is 1.83. The number of aryl methyl sites for hydroxylation is 2. The predicted octanol–water partition coefficient (Wildman–Crippen LogP) is 7.74. The number of anilines is 4. The second-order valence-electron chi connectivity index (χ2n) is 7.74. The highest BCUT2D eigenvalue weighted by atomic mass is 32.2. The average molecular weight is 501 g/mol. The van der Waals surface area contributed by atoms with Crippen LogP contribution >= 0.6 is 23.1 Å². The van der Waals surface area contributed by atoms with Gasteiger partial charge in [0.1, 0.15) is 11.8 Å². The quantitative estimate of drug-likeness (QED) is 0.188. The van der Waals surface area contributed by atoms with E-state index < -0.39 is 0 Å². The van der Waals surface area contributed by atoms with Crippen molar-refractivity contribution in [3.63, 3.8) is 0 Å². The summed E-state index contributed by atoms with van der Waals surface area (Å²) in [5.41, 5.74) is 5.51. The van der Waals surface area contributed by atoms with Crippen molar-refractivity contribution in [1.82, 2.24) is 15.2 Å². The second-order valence-corrected chi connectivity index (χ2v) is 10.2. The van der Waals surface area contributed by atoms with Gasteiger partial charge in [-0.25, -0.2) is 4.98 Å². The van der Waals surface area contributed by atoms with Crippen LogP contribution in [0.1, 0.15) is 29.2 Å². The summed E-state index contributed by atoms with van der Waals surface area (Å²) < 4.78 is 0.838. The Kier molecular flexibility index (Phi) is 7.70. The first-order chi connectivity index (χ1) is 17.0. The summed E-state index contributed by atoms with van der Waals surface area (Å²) in [6.07, 6.45) is 0. The lowest BCUT2D eigenvalue weighted by Gasteiger charge is -2.16. The van der Waals surface area contributed by atoms with Gasteiger partial charge in [-0.2, -0.15) is 5.26 Å². The van der Waals surface area contributed by atoms with Gasteiger partial charge in [-0.15, -0.1) is 20.4 Å². The molecule has 0 bridgehead atoms. The fourth-order valence-corrected chi connectivity index (χ4v) is 4.76. The number of benzene rings is 2. The van der Waals surface area contributed by atoms with Crippen molar-refractivity contribution in [2.24, 2.45) is 10.2 Å². The van der Waals surface area contributed by atoms with Gasteiger partial charge in [0.15, 0.2) is 16.0 Å². The summed E-state index contributed by atoms with van der Waals surface area (Å²) >= 11 is 2.98. The zero-order valence-electron chi connectivity index (χ0n) is 19.8. The Morgan fingerprint density at radius 2 is 1.49 bits per heavy atom. The normalized spacial score (nSPS) is 10.9. The minimum absolute atomic E-state index is 0.397. The van der Waals surface area contributed by atoms with Crippen LogP contribution in [0, 0.1) is 32.1 Å². The second kappa shape index (κ2) is 11.1. The Morgan fingerprint density at radius 1 is 0.886 bits per heavy atom. The van der Waals surface area contributed by atoms with E-state index in [1.807, 2.05) is 69.3 Å². The number of nitrogens with one attached hydrogen (secondary N) is 2. The number of hydrogen-bond acceptors (Lipinski definition) is 10. The first-order valence-corrected chi connectivity index (χ1v) is 12.8. The number of nitriles is 1. The molecule has 0 saturated heterocycles. The molecule has 4 aromatic rings. The van der Waals surface area contributed by atoms with Crippen LogP contribution in [0.4, 0.5) is 33.8 Å². The molecule has 0 unspecified atom stereocenters. The summed E-state index contributed by atoms with van der Waals surface area (Å²) in [7, 11) is 0. The minimum Gasteiger partial charge on any atom is -0.339 e. The van der Waals surface area contributed by atoms with E-state index in [2.05, 4.69) is 44.1 Å². The third kappa shape index (κ3) is 6.01. The molecule has 0 aliphatic rings. The molecule has 0 aliphatic carbocycles. The molecule has 2 heterocycles. The van der Waals surface area contributed by atoms with Crippen LogP contribution in [0.15, 0.2) is 63.1 Å². The number of hydrogen-bond donors (Lipinski definition) is 2. The van der Waals surface area contributed by atoms with Gasteiger partial charge in [0, 0.05) is 16.9 Å². The Bertz CT molecular complexity index is 1390. The molecular weight excluding hydrogens is 476 g/mol. The van der Waals surface area contributed by atoms with Gasteiger partial charge >= 0.3 is 0 Å². The number of nitrogens with zero attached hydrogens (tertiary/aromatic N) is 6. The van der Waals surface area contributed by atoms with E-state index in [4.69, 9.17) is 4.98 Å². The van der Waals surface area contributed by atoms with Crippen molar-refractivity contribution in [2.75, 3.05) is 16.4 Å². The Labute approximate surface area is 212 Å². The standard InChI is InChI=1S/C25H24N8S2/c1-5-34-25-33-32-24(35-25)31-30-21-17(4)20(14-26)22(27-18-10-6-15(2)7-11-18)29-23(21)28-19-12-8-16(3)9-13-19/h6-13H,5H2,1-4H3,(H2,27,28,29). The van der Waals surface area contributed by atoms with Crippen molar-refractivity contribution in [3.8, 4) is 6.07 Å². The molecule has 4 rings (SSSR count). The van der Waals surface area contributed by atoms with Crippen molar-refractivity contribution in [3.05, 3.63) is 70.8 Å². The highest BCUT2D eigenvalue weighted by molar-refractivity contribution is 8.01. The zero-order chi connectivity index (χ0) is 24.8. The molecule has 176 valence electrons. The summed E-state index contributed by atoms with van der Waals surface area (Å²) in [4.78, 5) is 4.75. The maximum absolute atomic E-state index is 9.96. The summed E-state index contributed by atoms with van der Waals surface area (Å²) in [6.45, 7) is 7.96. The Balaban J connectivity index is 1.77. The van der Waals surface area contributed by atoms with E-state index in [-0.39, 0.29) is 0 Å². The molecule has 0 amide bonds. The van der Waals surface area contributed by atoms with E-state index >= 15 is 0 Å². The number of pyridine rings is 1. The van der Waals surface area contributed by atoms with Crippen LogP contribution in [0.3, 0.4) is 0 Å². The zero-order valence-corrected chi connectivity index (χ0v) is 21.5. The lowest BCUT2D eigenvalue weighted by Crippen LogP contribution is -2.04. The van der Waals surface area contributed by atoms with Crippen molar-refractivity contribution >= 4 is 56.9 Å². The summed E-state index contributed by atoms with van der Waals surface area (Å²) in [5, 5.41) is 34.0. The van der Waals surface area contributed by atoms with E-state index in [1.165, 1.54) is 11.3 Å². The van der Waals surface area contributed by atoms with E-state index in [0.29, 0.717) is 33.6 Å². The maximum atomic E-state index is 9.96. The molecule has 0 spiro atoms. The lowest BCUT2D eigenvalue weighted by atomic mass is 10.1. The topological polar surface area (TPSA) is 111 Å². The molecule has 2 N–H and O–H groups in total. The van der Waals surface area contributed by atoms with Gasteiger partial charge in [0.2, 0.25) is 0 Å². The van der Waals surface area contributed by atoms with Gasteiger partial charge in [-0.05, 0) is 50.8 Å². The molecule has 0 radical (unpaired) electrons. The summed E-state index contributed by atoms with van der Waals surface area (Å²) in [6, 6.07) is 18.1. The maximum Gasteiger partial charge on any atom is 0.252 e. The van der Waals surface area contributed by atoms with E-state index in [0.717, 1.165) is 32.6 Å². The molecule has 0 aliphatic heterocycles. The van der Waals surface area contributed by atoms with Crippen LogP contribution in [0.25, 0.3) is 0 Å². The number of aromatic nitrogens is 3.